The highest BCUT2D eigenvalue weighted by molar-refractivity contribution is 7.90. The zero-order valence-corrected chi connectivity index (χ0v) is 16.9. The average molecular weight is 405 g/mol. The van der Waals surface area contributed by atoms with Crippen LogP contribution in [0.1, 0.15) is 42.5 Å². The van der Waals surface area contributed by atoms with Crippen LogP contribution >= 0.6 is 0 Å². The Kier molecular flexibility index (Phi) is 6.03. The summed E-state index contributed by atoms with van der Waals surface area (Å²) in [6.45, 7) is 0. The molecule has 1 aliphatic carbocycles. The number of hydrogen-bond donors (Lipinski definition) is 1. The molecular weight excluding hydrogens is 379 g/mol. The lowest BCUT2D eigenvalue weighted by molar-refractivity contribution is 0.102. The molecule has 28 heavy (non-hydrogen) atoms. The predicted molar refractivity (Wildman–Crippen MR) is 109 cm³/mol. The molecule has 1 aliphatic rings. The SMILES string of the molecule is CN(c1ccc(NC(=O)c2cccc(S(C)(=O)=O)c2)cc1F)C1CCCCC1. The minimum absolute atomic E-state index is 0.0655. The summed E-state index contributed by atoms with van der Waals surface area (Å²) >= 11 is 0. The van der Waals surface area contributed by atoms with E-state index >= 15 is 0 Å². The fourth-order valence-electron chi connectivity index (χ4n) is 3.61. The molecule has 3 rings (SSSR count). The molecule has 5 nitrogen and oxygen atoms in total. The van der Waals surface area contributed by atoms with E-state index in [1.54, 1.807) is 12.1 Å². The van der Waals surface area contributed by atoms with Crippen molar-refractivity contribution in [2.45, 2.75) is 43.0 Å². The van der Waals surface area contributed by atoms with E-state index in [0.717, 1.165) is 31.9 Å². The summed E-state index contributed by atoms with van der Waals surface area (Å²) in [6, 6.07) is 10.7. The molecular formula is C21H25FN2O3S. The molecule has 0 aliphatic heterocycles. The Balaban J connectivity index is 1.74. The van der Waals surface area contributed by atoms with Crippen LogP contribution in [-0.4, -0.2) is 33.7 Å². The van der Waals surface area contributed by atoms with E-state index in [4.69, 9.17) is 0 Å². The Labute approximate surface area is 165 Å². The van der Waals surface area contributed by atoms with Gasteiger partial charge in [0, 0.05) is 30.6 Å². The number of sulfone groups is 1. The second-order valence-electron chi connectivity index (χ2n) is 7.32. The van der Waals surface area contributed by atoms with Crippen LogP contribution in [0.5, 0.6) is 0 Å². The molecule has 1 amide bonds. The molecule has 2 aromatic carbocycles. The number of anilines is 2. The number of nitrogens with zero attached hydrogens (tertiary/aromatic N) is 1. The quantitative estimate of drug-likeness (QED) is 0.809. The first-order valence-corrected chi connectivity index (χ1v) is 11.3. The first kappa shape index (κ1) is 20.3. The second-order valence-corrected chi connectivity index (χ2v) is 9.34. The van der Waals surface area contributed by atoms with Gasteiger partial charge < -0.3 is 10.2 Å². The Bertz CT molecular complexity index is 969. The maximum atomic E-state index is 14.7. The van der Waals surface area contributed by atoms with Gasteiger partial charge >= 0.3 is 0 Å². The molecule has 1 N–H and O–H groups in total. The van der Waals surface area contributed by atoms with Gasteiger partial charge in [0.05, 0.1) is 10.6 Å². The van der Waals surface area contributed by atoms with Gasteiger partial charge in [0.25, 0.3) is 5.91 Å². The van der Waals surface area contributed by atoms with Gasteiger partial charge in [-0.1, -0.05) is 25.3 Å². The third-order valence-electron chi connectivity index (χ3n) is 5.23. The maximum Gasteiger partial charge on any atom is 0.255 e. The van der Waals surface area contributed by atoms with E-state index in [9.17, 15) is 17.6 Å². The van der Waals surface area contributed by atoms with Gasteiger partial charge in [0.1, 0.15) is 5.82 Å². The topological polar surface area (TPSA) is 66.5 Å². The van der Waals surface area contributed by atoms with Crippen molar-refractivity contribution < 1.29 is 17.6 Å². The summed E-state index contributed by atoms with van der Waals surface area (Å²) in [6.07, 6.45) is 6.77. The van der Waals surface area contributed by atoms with Crippen molar-refractivity contribution in [2.75, 3.05) is 23.5 Å². The van der Waals surface area contributed by atoms with Gasteiger partial charge in [0.15, 0.2) is 9.84 Å². The average Bonchev–Trinajstić information content (AvgIpc) is 2.68. The van der Waals surface area contributed by atoms with Gasteiger partial charge in [-0.3, -0.25) is 4.79 Å². The highest BCUT2D eigenvalue weighted by Gasteiger charge is 2.21. The summed E-state index contributed by atoms with van der Waals surface area (Å²) in [5, 5.41) is 2.63. The number of hydrogen-bond acceptors (Lipinski definition) is 4. The molecule has 2 aromatic rings. The monoisotopic (exact) mass is 404 g/mol. The molecule has 0 heterocycles. The maximum absolute atomic E-state index is 14.7. The molecule has 0 atom stereocenters. The summed E-state index contributed by atoms with van der Waals surface area (Å²) in [5.74, 6) is -0.881. The molecule has 0 spiro atoms. The van der Waals surface area contributed by atoms with Crippen LogP contribution in [0.15, 0.2) is 47.4 Å². The van der Waals surface area contributed by atoms with Crippen molar-refractivity contribution in [1.82, 2.24) is 0 Å². The number of nitrogens with one attached hydrogen (secondary N) is 1. The van der Waals surface area contributed by atoms with E-state index in [1.165, 1.54) is 36.8 Å². The van der Waals surface area contributed by atoms with Crippen LogP contribution in [-0.2, 0) is 9.84 Å². The van der Waals surface area contributed by atoms with E-state index in [2.05, 4.69) is 5.32 Å². The Morgan fingerprint density at radius 1 is 1.11 bits per heavy atom. The van der Waals surface area contributed by atoms with E-state index in [1.807, 2.05) is 11.9 Å². The minimum atomic E-state index is -3.41. The van der Waals surface area contributed by atoms with E-state index in [-0.39, 0.29) is 10.5 Å². The number of halogens is 1. The van der Waals surface area contributed by atoms with Crippen molar-refractivity contribution in [1.29, 1.82) is 0 Å². The molecule has 150 valence electrons. The van der Waals surface area contributed by atoms with Crippen molar-refractivity contribution >= 4 is 27.1 Å². The fourth-order valence-corrected chi connectivity index (χ4v) is 4.27. The summed E-state index contributed by atoms with van der Waals surface area (Å²) in [5.41, 5.74) is 1.05. The van der Waals surface area contributed by atoms with Gasteiger partial charge in [-0.15, -0.1) is 0 Å². The highest BCUT2D eigenvalue weighted by Crippen LogP contribution is 2.29. The fraction of sp³-hybridized carbons (Fsp3) is 0.381. The van der Waals surface area contributed by atoms with Crippen molar-refractivity contribution in [3.05, 3.63) is 53.8 Å². The Morgan fingerprint density at radius 2 is 1.82 bits per heavy atom. The number of carbonyl (C=O) groups is 1. The third-order valence-corrected chi connectivity index (χ3v) is 6.34. The van der Waals surface area contributed by atoms with Crippen LogP contribution in [0.4, 0.5) is 15.8 Å². The zero-order chi connectivity index (χ0) is 20.3. The normalized spacial score (nSPS) is 15.2. The Morgan fingerprint density at radius 3 is 2.46 bits per heavy atom. The van der Waals surface area contributed by atoms with E-state index in [0.29, 0.717) is 17.4 Å². The van der Waals surface area contributed by atoms with Crippen LogP contribution in [0, 0.1) is 5.82 Å². The molecule has 1 fully saturated rings. The molecule has 0 unspecified atom stereocenters. The van der Waals surface area contributed by atoms with Crippen molar-refractivity contribution in [2.24, 2.45) is 0 Å². The van der Waals surface area contributed by atoms with Gasteiger partial charge in [-0.2, -0.15) is 0 Å². The largest absolute Gasteiger partial charge is 0.369 e. The smallest absolute Gasteiger partial charge is 0.255 e. The third kappa shape index (κ3) is 4.70. The summed E-state index contributed by atoms with van der Waals surface area (Å²) in [4.78, 5) is 14.5. The van der Waals surface area contributed by atoms with Crippen LogP contribution in [0.2, 0.25) is 0 Å². The van der Waals surface area contributed by atoms with E-state index < -0.39 is 21.6 Å². The standard InChI is InChI=1S/C21H25FN2O3S/c1-24(17-8-4-3-5-9-17)20-12-11-16(14-19(20)22)23-21(25)15-7-6-10-18(13-15)28(2,26)27/h6-7,10-14,17H,3-5,8-9H2,1-2H3,(H,23,25). The number of amides is 1. The molecule has 0 bridgehead atoms. The van der Waals surface area contributed by atoms with Gasteiger partial charge in [-0.05, 0) is 49.2 Å². The summed E-state index contributed by atoms with van der Waals surface area (Å²) < 4.78 is 38.0. The Hall–Kier alpha value is -2.41. The predicted octanol–water partition coefficient (Wildman–Crippen LogP) is 4.25. The first-order chi connectivity index (χ1) is 13.3. The minimum Gasteiger partial charge on any atom is -0.369 e. The molecule has 0 saturated heterocycles. The molecule has 0 aromatic heterocycles. The molecule has 7 heteroatoms. The van der Waals surface area contributed by atoms with Crippen LogP contribution in [0.3, 0.4) is 0 Å². The lowest BCUT2D eigenvalue weighted by Gasteiger charge is -2.33. The number of benzene rings is 2. The molecule has 0 radical (unpaired) electrons. The lowest BCUT2D eigenvalue weighted by Crippen LogP contribution is -2.33. The zero-order valence-electron chi connectivity index (χ0n) is 16.1. The summed E-state index contributed by atoms with van der Waals surface area (Å²) in [7, 11) is -1.50. The van der Waals surface area contributed by atoms with Crippen molar-refractivity contribution in [3.63, 3.8) is 0 Å². The first-order valence-electron chi connectivity index (χ1n) is 9.39. The lowest BCUT2D eigenvalue weighted by atomic mass is 9.94. The number of carbonyl (C=O) groups excluding carboxylic acids is 1. The van der Waals surface area contributed by atoms with Gasteiger partial charge in [0.2, 0.25) is 0 Å². The second kappa shape index (κ2) is 8.31. The number of rotatable bonds is 5. The van der Waals surface area contributed by atoms with Crippen molar-refractivity contribution in [3.8, 4) is 0 Å². The van der Waals surface area contributed by atoms with Crippen LogP contribution < -0.4 is 10.2 Å². The highest BCUT2D eigenvalue weighted by atomic mass is 32.2. The van der Waals surface area contributed by atoms with Gasteiger partial charge in [-0.25, -0.2) is 12.8 Å². The molecule has 1 saturated carbocycles. The van der Waals surface area contributed by atoms with Crippen LogP contribution in [0.25, 0.3) is 0 Å².